The van der Waals surface area contributed by atoms with E-state index < -0.39 is 100 Å². The SMILES string of the molecule is CC(=O)N[C@@H](CO)[C@@H](OC(O)[C@H](C)O)OC1[C@@H](OP(=O)(O)OC[C@H](OC/C=C(/C)CC/C=C(\C)CCC=C(C)C)C(=O)O)OC(C(N)=O)[C@H](O)[C@@H]1O. The molecule has 0 radical (unpaired) electrons. The van der Waals surface area contributed by atoms with Crippen molar-refractivity contribution in [3.05, 3.63) is 34.9 Å². The van der Waals surface area contributed by atoms with Crippen LogP contribution in [0.1, 0.15) is 67.2 Å². The lowest BCUT2D eigenvalue weighted by Crippen LogP contribution is -2.64. The molecule has 0 bridgehead atoms. The summed E-state index contributed by atoms with van der Waals surface area (Å²) < 4.78 is 44.1. The molecule has 1 aliphatic rings. The fourth-order valence-corrected chi connectivity index (χ4v) is 5.37. The number of carbonyl (C=O) groups is 3. The average Bonchev–Trinajstić information content (AvgIpc) is 3.03. The Labute approximate surface area is 302 Å². The van der Waals surface area contributed by atoms with E-state index in [1.54, 1.807) is 6.08 Å². The van der Waals surface area contributed by atoms with Crippen molar-refractivity contribution in [3.8, 4) is 0 Å². The summed E-state index contributed by atoms with van der Waals surface area (Å²) in [6.45, 7) is 8.00. The Kier molecular flexibility index (Phi) is 21.2. The van der Waals surface area contributed by atoms with Gasteiger partial charge >= 0.3 is 13.8 Å². The Morgan fingerprint density at radius 3 is 2.10 bits per heavy atom. The molecule has 0 saturated carbocycles. The lowest BCUT2D eigenvalue weighted by molar-refractivity contribution is -0.336. The van der Waals surface area contributed by atoms with E-state index >= 15 is 0 Å². The number of primary amides is 1. The number of aliphatic carboxylic acids is 1. The molecule has 0 aromatic carbocycles. The molecule has 0 spiro atoms. The summed E-state index contributed by atoms with van der Waals surface area (Å²) in [5, 5.41) is 62.8. The van der Waals surface area contributed by atoms with Gasteiger partial charge in [-0.05, 0) is 60.3 Å². The van der Waals surface area contributed by atoms with Gasteiger partial charge in [0.05, 0.1) is 19.8 Å². The quantitative estimate of drug-likeness (QED) is 0.0351. The van der Waals surface area contributed by atoms with E-state index in [2.05, 4.69) is 17.5 Å². The molecule has 1 heterocycles. The summed E-state index contributed by atoms with van der Waals surface area (Å²) in [7, 11) is -5.39. The number of hydrogen-bond donors (Lipinski definition) is 9. The van der Waals surface area contributed by atoms with Crippen LogP contribution in [0.4, 0.5) is 0 Å². The number of allylic oxidation sites excluding steroid dienone is 5. The molecule has 4 unspecified atom stereocenters. The molecule has 1 rings (SSSR count). The van der Waals surface area contributed by atoms with Crippen LogP contribution in [-0.2, 0) is 46.9 Å². The molecule has 0 aromatic heterocycles. The third-order valence-electron chi connectivity index (χ3n) is 7.47. The van der Waals surface area contributed by atoms with Crippen molar-refractivity contribution in [1.82, 2.24) is 5.32 Å². The van der Waals surface area contributed by atoms with E-state index in [4.69, 9.17) is 33.7 Å². The van der Waals surface area contributed by atoms with Crippen molar-refractivity contribution in [3.63, 3.8) is 0 Å². The molecule has 11 atom stereocenters. The van der Waals surface area contributed by atoms with Crippen molar-refractivity contribution < 1.29 is 82.5 Å². The molecule has 1 fully saturated rings. The second-order valence-electron chi connectivity index (χ2n) is 12.5. The van der Waals surface area contributed by atoms with E-state index in [1.807, 2.05) is 27.7 Å². The topological polar surface area (TPSA) is 303 Å². The van der Waals surface area contributed by atoms with Crippen molar-refractivity contribution in [1.29, 1.82) is 0 Å². The lowest BCUT2D eigenvalue weighted by Gasteiger charge is -2.43. The maximum Gasteiger partial charge on any atom is 0.474 e. The predicted molar refractivity (Wildman–Crippen MR) is 182 cm³/mol. The maximum atomic E-state index is 13.0. The van der Waals surface area contributed by atoms with Crippen LogP contribution < -0.4 is 11.1 Å². The largest absolute Gasteiger partial charge is 0.479 e. The number of ether oxygens (including phenoxy) is 4. The van der Waals surface area contributed by atoms with Crippen LogP contribution in [-0.4, -0.2) is 135 Å². The van der Waals surface area contributed by atoms with Gasteiger partial charge in [-0.15, -0.1) is 0 Å². The van der Waals surface area contributed by atoms with Gasteiger partial charge in [0.25, 0.3) is 0 Å². The number of amides is 2. The van der Waals surface area contributed by atoms with Crippen LogP contribution in [0.3, 0.4) is 0 Å². The van der Waals surface area contributed by atoms with Gasteiger partial charge in [0, 0.05) is 6.92 Å². The molecule has 300 valence electrons. The number of nitrogens with two attached hydrogens (primary N) is 1. The fraction of sp³-hybridized carbons (Fsp3) is 0.719. The molecule has 10 N–H and O–H groups in total. The molecule has 1 saturated heterocycles. The van der Waals surface area contributed by atoms with Gasteiger partial charge in [0.1, 0.15) is 30.5 Å². The minimum atomic E-state index is -5.39. The van der Waals surface area contributed by atoms with Gasteiger partial charge in [-0.3, -0.25) is 18.6 Å². The summed E-state index contributed by atoms with van der Waals surface area (Å²) in [6, 6.07) is -1.52. The first-order valence-corrected chi connectivity index (χ1v) is 18.0. The van der Waals surface area contributed by atoms with E-state index in [0.717, 1.165) is 38.7 Å². The monoisotopic (exact) mass is 770 g/mol. The number of aliphatic hydroxyl groups excluding tert-OH is 5. The molecule has 1 aliphatic heterocycles. The minimum Gasteiger partial charge on any atom is -0.479 e. The highest BCUT2D eigenvalue weighted by Gasteiger charge is 2.52. The number of aliphatic hydroxyl groups is 5. The lowest BCUT2D eigenvalue weighted by atomic mass is 9.98. The van der Waals surface area contributed by atoms with Crippen LogP contribution in [0, 0.1) is 0 Å². The second-order valence-corrected chi connectivity index (χ2v) is 13.9. The van der Waals surface area contributed by atoms with Gasteiger partial charge in [-0.2, -0.15) is 0 Å². The van der Waals surface area contributed by atoms with Gasteiger partial charge < -0.3 is 65.5 Å². The zero-order chi connectivity index (χ0) is 39.8. The van der Waals surface area contributed by atoms with E-state index in [1.165, 1.54) is 11.1 Å². The molecule has 52 heavy (non-hydrogen) atoms. The number of carbonyl (C=O) groups excluding carboxylic acids is 2. The Balaban J connectivity index is 3.07. The molecule has 2 amide bonds. The fourth-order valence-electron chi connectivity index (χ4n) is 4.55. The van der Waals surface area contributed by atoms with Gasteiger partial charge in [0.15, 0.2) is 31.1 Å². The first-order valence-electron chi connectivity index (χ1n) is 16.5. The maximum absolute atomic E-state index is 13.0. The van der Waals surface area contributed by atoms with Crippen molar-refractivity contribution in [2.24, 2.45) is 5.73 Å². The average molecular weight is 771 g/mol. The Hall–Kier alpha value is -2.62. The smallest absolute Gasteiger partial charge is 0.474 e. The van der Waals surface area contributed by atoms with Crippen LogP contribution in [0.25, 0.3) is 0 Å². The number of carboxylic acid groups (broad SMARTS) is 1. The number of rotatable bonds is 24. The summed E-state index contributed by atoms with van der Waals surface area (Å²) in [5.41, 5.74) is 8.64. The summed E-state index contributed by atoms with van der Waals surface area (Å²) in [5.74, 6) is -3.62. The highest BCUT2D eigenvalue weighted by molar-refractivity contribution is 7.47. The van der Waals surface area contributed by atoms with Gasteiger partial charge in [0.2, 0.25) is 11.8 Å². The molecule has 20 heteroatoms. The Morgan fingerprint density at radius 2 is 1.58 bits per heavy atom. The van der Waals surface area contributed by atoms with Gasteiger partial charge in [-0.25, -0.2) is 9.36 Å². The Bertz CT molecular complexity index is 1290. The van der Waals surface area contributed by atoms with E-state index in [-0.39, 0.29) is 6.61 Å². The normalized spacial score (nSPS) is 25.3. The van der Waals surface area contributed by atoms with Crippen molar-refractivity contribution >= 4 is 25.6 Å². The molecule has 0 aromatic rings. The zero-order valence-electron chi connectivity index (χ0n) is 30.2. The highest BCUT2D eigenvalue weighted by atomic mass is 31.2. The van der Waals surface area contributed by atoms with Crippen LogP contribution in [0.5, 0.6) is 0 Å². The van der Waals surface area contributed by atoms with Gasteiger partial charge in [-0.1, -0.05) is 34.9 Å². The number of hydrogen-bond acceptors (Lipinski definition) is 15. The highest BCUT2D eigenvalue weighted by Crippen LogP contribution is 2.47. The first kappa shape index (κ1) is 47.4. The summed E-state index contributed by atoms with van der Waals surface area (Å²) in [6.07, 6.45) is -8.84. The zero-order valence-corrected chi connectivity index (χ0v) is 31.1. The van der Waals surface area contributed by atoms with Crippen LogP contribution >= 0.6 is 7.82 Å². The van der Waals surface area contributed by atoms with Crippen molar-refractivity contribution in [2.75, 3.05) is 19.8 Å². The number of carboxylic acids is 1. The third-order valence-corrected chi connectivity index (χ3v) is 8.42. The number of phosphoric ester groups is 1. The third kappa shape index (κ3) is 17.5. The Morgan fingerprint density at radius 1 is 0.981 bits per heavy atom. The molecule has 19 nitrogen and oxygen atoms in total. The minimum absolute atomic E-state index is 0.182. The predicted octanol–water partition coefficient (Wildman–Crippen LogP) is -0.135. The van der Waals surface area contributed by atoms with E-state index in [9.17, 15) is 54.5 Å². The standard InChI is InChI=1S/C32H55N2O17P/c1-17(2)9-7-10-18(3)11-8-12-19(4)13-14-46-23(29(41)42)16-47-52(44,45)51-32-27(25(39)24(38)26(48-32)28(33)40)49-31(50-30(43)20(5)36)22(15-35)34-21(6)37/h9,11,13,20,22-27,30-32,35-36,38-39,43H,7-8,10,12,14-16H2,1-6H3,(H2,33,40)(H,34,37)(H,41,42)(H,44,45)/b18-11+,19-13-/t20-,22-,23-,24+,25-,26?,27?,30?,31+,32+/m0/s1. The second kappa shape index (κ2) is 23.2. The van der Waals surface area contributed by atoms with Crippen molar-refractivity contribution in [2.45, 2.75) is 129 Å². The van der Waals surface area contributed by atoms with Crippen LogP contribution in [0.2, 0.25) is 0 Å². The number of nitrogens with one attached hydrogen (secondary N) is 1. The summed E-state index contributed by atoms with van der Waals surface area (Å²) >= 11 is 0. The number of phosphoric acid groups is 1. The molecular weight excluding hydrogens is 715 g/mol. The van der Waals surface area contributed by atoms with E-state index in [0.29, 0.717) is 6.42 Å². The molecule has 0 aliphatic carbocycles. The summed E-state index contributed by atoms with van der Waals surface area (Å²) in [4.78, 5) is 46.0. The van der Waals surface area contributed by atoms with Crippen LogP contribution in [0.15, 0.2) is 34.9 Å². The molecular formula is C32H55N2O17P. The first-order chi connectivity index (χ1) is 24.2.